The molecule has 0 bridgehead atoms. The zero-order chi connectivity index (χ0) is 12.0. The molecule has 0 radical (unpaired) electrons. The molecule has 0 aliphatic rings. The summed E-state index contributed by atoms with van der Waals surface area (Å²) in [6, 6.07) is 8.89. The van der Waals surface area contributed by atoms with Gasteiger partial charge >= 0.3 is 0 Å². The molecule has 0 aliphatic heterocycles. The Labute approximate surface area is 107 Å². The first-order chi connectivity index (χ1) is 7.67. The molecule has 0 fully saturated rings. The molecule has 0 heterocycles. The first kappa shape index (κ1) is 13.6. The molecule has 1 aromatic rings. The van der Waals surface area contributed by atoms with E-state index in [9.17, 15) is 0 Å². The maximum atomic E-state index is 5.81. The lowest BCUT2D eigenvalue weighted by atomic mass is 10.1. The van der Waals surface area contributed by atoms with E-state index in [-0.39, 0.29) is 6.04 Å². The van der Waals surface area contributed by atoms with Gasteiger partial charge in [-0.3, -0.25) is 0 Å². The number of halogens is 2. The van der Waals surface area contributed by atoms with E-state index in [4.69, 9.17) is 23.2 Å². The Bertz CT molecular complexity index is 343. The van der Waals surface area contributed by atoms with Gasteiger partial charge in [-0.15, -0.1) is 0 Å². The van der Waals surface area contributed by atoms with Crippen LogP contribution in [0.1, 0.15) is 31.0 Å². The van der Waals surface area contributed by atoms with E-state index >= 15 is 0 Å². The molecule has 1 rings (SSSR count). The van der Waals surface area contributed by atoms with Crippen molar-refractivity contribution in [1.82, 2.24) is 5.32 Å². The van der Waals surface area contributed by atoms with Crippen molar-refractivity contribution in [2.75, 3.05) is 6.54 Å². The van der Waals surface area contributed by atoms with Gasteiger partial charge in [-0.25, -0.2) is 0 Å². The zero-order valence-corrected chi connectivity index (χ0v) is 11.1. The number of nitrogens with one attached hydrogen (secondary N) is 1. The third-order valence-corrected chi connectivity index (χ3v) is 3.20. The smallest absolute Gasteiger partial charge is 0.0432 e. The van der Waals surface area contributed by atoms with Crippen molar-refractivity contribution in [2.45, 2.75) is 26.3 Å². The largest absolute Gasteiger partial charge is 0.305 e. The fourth-order valence-electron chi connectivity index (χ4n) is 1.45. The monoisotopic (exact) mass is 257 g/mol. The third kappa shape index (κ3) is 4.17. The number of hydrogen-bond donors (Lipinski definition) is 1. The Morgan fingerprint density at radius 2 is 2.00 bits per heavy atom. The highest BCUT2D eigenvalue weighted by atomic mass is 35.5. The predicted molar refractivity (Wildman–Crippen MR) is 72.0 cm³/mol. The highest BCUT2D eigenvalue weighted by Crippen LogP contribution is 2.14. The summed E-state index contributed by atoms with van der Waals surface area (Å²) in [6.45, 7) is 4.86. The highest BCUT2D eigenvalue weighted by molar-refractivity contribution is 6.36. The second-order valence-corrected chi connectivity index (χ2v) is 4.46. The number of hydrogen-bond acceptors (Lipinski definition) is 1. The summed E-state index contributed by atoms with van der Waals surface area (Å²) in [5.41, 5.74) is 4.01. The molecule has 0 aromatic heterocycles. The minimum Gasteiger partial charge on any atom is -0.305 e. The minimum atomic E-state index is 0.274. The third-order valence-electron chi connectivity index (χ3n) is 2.58. The summed E-state index contributed by atoms with van der Waals surface area (Å²) in [7, 11) is 0. The number of rotatable bonds is 5. The zero-order valence-electron chi connectivity index (χ0n) is 9.63. The van der Waals surface area contributed by atoms with Crippen LogP contribution in [0.15, 0.2) is 34.8 Å². The lowest BCUT2D eigenvalue weighted by Gasteiger charge is -2.14. The Hall–Kier alpha value is -0.500. The Morgan fingerprint density at radius 3 is 2.50 bits per heavy atom. The van der Waals surface area contributed by atoms with Crippen molar-refractivity contribution in [1.29, 1.82) is 0 Å². The first-order valence-electron chi connectivity index (χ1n) is 5.44. The summed E-state index contributed by atoms with van der Waals surface area (Å²) in [5, 5.41) is 3.93. The van der Waals surface area contributed by atoms with Crippen molar-refractivity contribution < 1.29 is 0 Å². The summed E-state index contributed by atoms with van der Waals surface area (Å²) < 4.78 is 0. The quantitative estimate of drug-likeness (QED) is 0.833. The molecule has 0 spiro atoms. The van der Waals surface area contributed by atoms with E-state index in [0.717, 1.165) is 6.42 Å². The van der Waals surface area contributed by atoms with Gasteiger partial charge in [-0.2, -0.15) is 0 Å². The molecule has 0 saturated heterocycles. The van der Waals surface area contributed by atoms with Gasteiger partial charge in [0, 0.05) is 23.2 Å². The van der Waals surface area contributed by atoms with Crippen LogP contribution < -0.4 is 5.32 Å². The van der Waals surface area contributed by atoms with Crippen LogP contribution in [0.5, 0.6) is 0 Å². The van der Waals surface area contributed by atoms with Gasteiger partial charge in [0.25, 0.3) is 0 Å². The van der Waals surface area contributed by atoms with Gasteiger partial charge in [0.1, 0.15) is 0 Å². The molecule has 1 atom stereocenters. The average molecular weight is 258 g/mol. The van der Waals surface area contributed by atoms with Crippen LogP contribution >= 0.6 is 23.2 Å². The van der Waals surface area contributed by atoms with E-state index in [0.29, 0.717) is 11.6 Å². The highest BCUT2D eigenvalue weighted by Gasteiger charge is 2.04. The SMILES string of the molecule is CCc1ccc(C(C)NCC(Cl)=CCl)cc1. The Balaban J connectivity index is 2.55. The average Bonchev–Trinajstić information content (AvgIpc) is 2.35. The lowest BCUT2D eigenvalue weighted by Crippen LogP contribution is -2.19. The van der Waals surface area contributed by atoms with Crippen LogP contribution in [0.3, 0.4) is 0 Å². The molecule has 16 heavy (non-hydrogen) atoms. The molecule has 0 amide bonds. The summed E-state index contributed by atoms with van der Waals surface area (Å²) in [5.74, 6) is 0. The van der Waals surface area contributed by atoms with E-state index in [1.807, 2.05) is 0 Å². The molecule has 1 aromatic carbocycles. The van der Waals surface area contributed by atoms with Crippen LogP contribution in [0, 0.1) is 0 Å². The molecule has 3 heteroatoms. The van der Waals surface area contributed by atoms with E-state index in [1.165, 1.54) is 16.7 Å². The molecule has 0 aliphatic carbocycles. The standard InChI is InChI=1S/C13H17Cl2N/c1-3-11-4-6-12(7-5-11)10(2)16-9-13(15)8-14/h4-8,10,16H,3,9H2,1-2H3. The van der Waals surface area contributed by atoms with Gasteiger partial charge in [0.2, 0.25) is 0 Å². The number of benzene rings is 1. The van der Waals surface area contributed by atoms with E-state index in [2.05, 4.69) is 43.4 Å². The van der Waals surface area contributed by atoms with Crippen molar-refractivity contribution >= 4 is 23.2 Å². The van der Waals surface area contributed by atoms with Gasteiger partial charge in [0.05, 0.1) is 0 Å². The van der Waals surface area contributed by atoms with Gasteiger partial charge in [0.15, 0.2) is 0 Å². The fourth-order valence-corrected chi connectivity index (χ4v) is 1.60. The van der Waals surface area contributed by atoms with Gasteiger partial charge in [-0.1, -0.05) is 54.4 Å². The topological polar surface area (TPSA) is 12.0 Å². The van der Waals surface area contributed by atoms with E-state index in [1.54, 1.807) is 0 Å². The fraction of sp³-hybridized carbons (Fsp3) is 0.385. The first-order valence-corrected chi connectivity index (χ1v) is 6.25. The summed E-state index contributed by atoms with van der Waals surface area (Å²) in [4.78, 5) is 0. The van der Waals surface area contributed by atoms with Crippen molar-refractivity contribution in [3.63, 3.8) is 0 Å². The van der Waals surface area contributed by atoms with Crippen LogP contribution in [0.25, 0.3) is 0 Å². The molecule has 1 nitrogen and oxygen atoms in total. The summed E-state index contributed by atoms with van der Waals surface area (Å²) >= 11 is 11.3. The maximum absolute atomic E-state index is 5.81. The molecular weight excluding hydrogens is 241 g/mol. The second-order valence-electron chi connectivity index (χ2n) is 3.75. The molecular formula is C13H17Cl2N. The van der Waals surface area contributed by atoms with Crippen LogP contribution in [-0.2, 0) is 6.42 Å². The molecule has 0 saturated carbocycles. The molecule has 1 unspecified atom stereocenters. The van der Waals surface area contributed by atoms with Crippen molar-refractivity contribution in [3.8, 4) is 0 Å². The molecule has 88 valence electrons. The van der Waals surface area contributed by atoms with Crippen LogP contribution in [0.2, 0.25) is 0 Å². The lowest BCUT2D eigenvalue weighted by molar-refractivity contribution is 0.614. The Kier molecular flexibility index (Phi) is 5.89. The summed E-state index contributed by atoms with van der Waals surface area (Å²) in [6.07, 6.45) is 1.07. The van der Waals surface area contributed by atoms with Gasteiger partial charge < -0.3 is 5.32 Å². The predicted octanol–water partition coefficient (Wildman–Crippen LogP) is 4.22. The van der Waals surface area contributed by atoms with Crippen LogP contribution in [0.4, 0.5) is 0 Å². The van der Waals surface area contributed by atoms with Crippen LogP contribution in [-0.4, -0.2) is 6.54 Å². The normalized spacial score (nSPS) is 13.9. The van der Waals surface area contributed by atoms with Crippen molar-refractivity contribution in [3.05, 3.63) is 46.0 Å². The maximum Gasteiger partial charge on any atom is 0.0432 e. The van der Waals surface area contributed by atoms with Gasteiger partial charge in [-0.05, 0) is 24.5 Å². The molecule has 1 N–H and O–H groups in total. The van der Waals surface area contributed by atoms with E-state index < -0.39 is 0 Å². The minimum absolute atomic E-state index is 0.274. The Morgan fingerprint density at radius 1 is 1.38 bits per heavy atom. The van der Waals surface area contributed by atoms with Crippen molar-refractivity contribution in [2.24, 2.45) is 0 Å². The second kappa shape index (κ2) is 6.95. The number of aryl methyl sites for hydroxylation is 1.